The summed E-state index contributed by atoms with van der Waals surface area (Å²) in [5.41, 5.74) is 0.524. The Balaban J connectivity index is 1.91. The number of nitrogens with zero attached hydrogens (tertiary/aromatic N) is 3. The van der Waals surface area contributed by atoms with Gasteiger partial charge in [-0.2, -0.15) is 18.2 Å². The lowest BCUT2D eigenvalue weighted by Gasteiger charge is -2.22. The molecule has 2 aromatic carbocycles. The predicted octanol–water partition coefficient (Wildman–Crippen LogP) is 4.84. The normalized spacial score (nSPS) is 11.2. The van der Waals surface area contributed by atoms with E-state index < -0.39 is 11.7 Å². The number of para-hydroxylation sites is 1. The number of aromatic nitrogens is 2. The Bertz CT molecular complexity index is 855. The molecular formula is C19H16F3N3O. The molecule has 3 aromatic rings. The maximum absolute atomic E-state index is 13.4. The van der Waals surface area contributed by atoms with Crippen LogP contribution < -0.4 is 9.64 Å². The van der Waals surface area contributed by atoms with E-state index in [0.29, 0.717) is 5.69 Å². The van der Waals surface area contributed by atoms with E-state index in [1.54, 1.807) is 30.3 Å². The van der Waals surface area contributed by atoms with Crippen LogP contribution in [-0.4, -0.2) is 17.0 Å². The predicted molar refractivity (Wildman–Crippen MR) is 92.3 cm³/mol. The highest BCUT2D eigenvalue weighted by Gasteiger charge is 2.36. The molecule has 0 bridgehead atoms. The Kier molecular flexibility index (Phi) is 5.06. The SMILES string of the molecule is CN(c1ccccc1)c1nc(OCc2ccccc2)ncc1C(F)(F)F. The van der Waals surface area contributed by atoms with Gasteiger partial charge in [0.05, 0.1) is 0 Å². The molecule has 3 rings (SSSR count). The molecule has 7 heteroatoms. The van der Waals surface area contributed by atoms with E-state index in [1.807, 2.05) is 30.3 Å². The summed E-state index contributed by atoms with van der Waals surface area (Å²) in [6, 6.07) is 17.8. The first-order chi connectivity index (χ1) is 12.4. The Labute approximate surface area is 148 Å². The smallest absolute Gasteiger partial charge is 0.421 e. The average molecular weight is 359 g/mol. The van der Waals surface area contributed by atoms with Gasteiger partial charge in [-0.25, -0.2) is 4.98 Å². The highest BCUT2D eigenvalue weighted by Crippen LogP contribution is 2.37. The third kappa shape index (κ3) is 4.11. The largest absolute Gasteiger partial charge is 0.459 e. The molecule has 4 nitrogen and oxygen atoms in total. The van der Waals surface area contributed by atoms with Crippen LogP contribution in [0.15, 0.2) is 66.9 Å². The van der Waals surface area contributed by atoms with Crippen LogP contribution >= 0.6 is 0 Å². The van der Waals surface area contributed by atoms with Crippen LogP contribution in [0.25, 0.3) is 0 Å². The highest BCUT2D eigenvalue weighted by molar-refractivity contribution is 5.62. The van der Waals surface area contributed by atoms with Gasteiger partial charge in [-0.1, -0.05) is 48.5 Å². The molecule has 0 spiro atoms. The molecule has 0 aliphatic rings. The van der Waals surface area contributed by atoms with E-state index in [2.05, 4.69) is 9.97 Å². The fraction of sp³-hybridized carbons (Fsp3) is 0.158. The molecule has 26 heavy (non-hydrogen) atoms. The van der Waals surface area contributed by atoms with Gasteiger partial charge in [0.15, 0.2) is 5.82 Å². The quantitative estimate of drug-likeness (QED) is 0.653. The molecule has 0 amide bonds. The van der Waals surface area contributed by atoms with Crippen LogP contribution in [0.2, 0.25) is 0 Å². The van der Waals surface area contributed by atoms with Crippen LogP contribution in [0.1, 0.15) is 11.1 Å². The zero-order chi connectivity index (χ0) is 18.6. The molecule has 1 heterocycles. The zero-order valence-electron chi connectivity index (χ0n) is 13.9. The van der Waals surface area contributed by atoms with Gasteiger partial charge >= 0.3 is 12.2 Å². The minimum atomic E-state index is -4.57. The van der Waals surface area contributed by atoms with E-state index in [9.17, 15) is 13.2 Å². The van der Waals surface area contributed by atoms with E-state index in [-0.39, 0.29) is 18.4 Å². The number of halogens is 3. The average Bonchev–Trinajstić information content (AvgIpc) is 2.66. The Hall–Kier alpha value is -3.09. The van der Waals surface area contributed by atoms with Gasteiger partial charge in [-0.05, 0) is 17.7 Å². The minimum Gasteiger partial charge on any atom is -0.459 e. The molecular weight excluding hydrogens is 343 g/mol. The van der Waals surface area contributed by atoms with Crippen LogP contribution in [0.4, 0.5) is 24.7 Å². The summed E-state index contributed by atoms with van der Waals surface area (Å²) in [6.45, 7) is 0.167. The Morgan fingerprint density at radius 1 is 0.962 bits per heavy atom. The Morgan fingerprint density at radius 3 is 2.19 bits per heavy atom. The summed E-state index contributed by atoms with van der Waals surface area (Å²) < 4.78 is 45.5. The van der Waals surface area contributed by atoms with Gasteiger partial charge in [-0.15, -0.1) is 0 Å². The molecule has 0 aliphatic heterocycles. The maximum Gasteiger partial charge on any atom is 0.421 e. The Morgan fingerprint density at radius 2 is 1.58 bits per heavy atom. The number of alkyl halides is 3. The van der Waals surface area contributed by atoms with Crippen molar-refractivity contribution in [3.05, 3.63) is 78.0 Å². The first-order valence-electron chi connectivity index (χ1n) is 7.85. The monoisotopic (exact) mass is 359 g/mol. The van der Waals surface area contributed by atoms with Crippen molar-refractivity contribution in [3.63, 3.8) is 0 Å². The van der Waals surface area contributed by atoms with Gasteiger partial charge in [0.1, 0.15) is 12.2 Å². The minimum absolute atomic E-state index is 0.111. The second-order valence-electron chi connectivity index (χ2n) is 5.56. The number of rotatable bonds is 5. The van der Waals surface area contributed by atoms with Crippen molar-refractivity contribution >= 4 is 11.5 Å². The topological polar surface area (TPSA) is 38.2 Å². The molecule has 1 aromatic heterocycles. The van der Waals surface area contributed by atoms with Crippen molar-refractivity contribution in [2.45, 2.75) is 12.8 Å². The zero-order valence-corrected chi connectivity index (χ0v) is 13.9. The van der Waals surface area contributed by atoms with E-state index in [1.165, 1.54) is 11.9 Å². The van der Waals surface area contributed by atoms with Crippen molar-refractivity contribution < 1.29 is 17.9 Å². The summed E-state index contributed by atoms with van der Waals surface area (Å²) in [6.07, 6.45) is -3.82. The molecule has 134 valence electrons. The van der Waals surface area contributed by atoms with Crippen LogP contribution in [-0.2, 0) is 12.8 Å². The fourth-order valence-corrected chi connectivity index (χ4v) is 2.38. The number of anilines is 2. The summed E-state index contributed by atoms with van der Waals surface area (Å²) in [5, 5.41) is 0. The first kappa shape index (κ1) is 17.7. The summed E-state index contributed by atoms with van der Waals surface area (Å²) in [4.78, 5) is 9.08. The number of ether oxygens (including phenoxy) is 1. The third-order valence-electron chi connectivity index (χ3n) is 3.72. The van der Waals surface area contributed by atoms with Gasteiger partial charge in [0, 0.05) is 18.9 Å². The van der Waals surface area contributed by atoms with Gasteiger partial charge in [0.2, 0.25) is 0 Å². The number of benzene rings is 2. The van der Waals surface area contributed by atoms with Crippen molar-refractivity contribution in [2.75, 3.05) is 11.9 Å². The standard InChI is InChI=1S/C19H16F3N3O/c1-25(15-10-6-3-7-11-15)17-16(19(20,21)22)12-23-18(24-17)26-13-14-8-4-2-5-9-14/h2-12H,13H2,1H3. The molecule has 0 unspecified atom stereocenters. The van der Waals surface area contributed by atoms with Crippen molar-refractivity contribution in [1.82, 2.24) is 9.97 Å². The second kappa shape index (κ2) is 7.43. The molecule has 0 aliphatic carbocycles. The number of hydrogen-bond donors (Lipinski definition) is 0. The number of hydrogen-bond acceptors (Lipinski definition) is 4. The lowest BCUT2D eigenvalue weighted by molar-refractivity contribution is -0.137. The summed E-state index contributed by atoms with van der Waals surface area (Å²) >= 11 is 0. The molecule has 0 saturated heterocycles. The van der Waals surface area contributed by atoms with Crippen molar-refractivity contribution in [2.24, 2.45) is 0 Å². The molecule has 0 N–H and O–H groups in total. The molecule has 0 atom stereocenters. The van der Waals surface area contributed by atoms with Crippen molar-refractivity contribution in [3.8, 4) is 6.01 Å². The van der Waals surface area contributed by atoms with E-state index in [0.717, 1.165) is 11.8 Å². The maximum atomic E-state index is 13.4. The van der Waals surface area contributed by atoms with Crippen LogP contribution in [0.5, 0.6) is 6.01 Å². The molecule has 0 saturated carbocycles. The third-order valence-corrected chi connectivity index (χ3v) is 3.72. The molecule has 0 radical (unpaired) electrons. The lowest BCUT2D eigenvalue weighted by Crippen LogP contribution is -2.19. The van der Waals surface area contributed by atoms with Crippen LogP contribution in [0.3, 0.4) is 0 Å². The molecule has 0 fully saturated rings. The summed E-state index contributed by atoms with van der Waals surface area (Å²) in [7, 11) is 1.52. The van der Waals surface area contributed by atoms with E-state index >= 15 is 0 Å². The van der Waals surface area contributed by atoms with Gasteiger partial charge in [-0.3, -0.25) is 0 Å². The van der Waals surface area contributed by atoms with Crippen LogP contribution in [0, 0.1) is 0 Å². The first-order valence-corrected chi connectivity index (χ1v) is 7.85. The van der Waals surface area contributed by atoms with Crippen molar-refractivity contribution in [1.29, 1.82) is 0 Å². The lowest BCUT2D eigenvalue weighted by atomic mass is 10.2. The van der Waals surface area contributed by atoms with Gasteiger partial charge in [0.25, 0.3) is 0 Å². The highest BCUT2D eigenvalue weighted by atomic mass is 19.4. The van der Waals surface area contributed by atoms with E-state index in [4.69, 9.17) is 4.74 Å². The second-order valence-corrected chi connectivity index (χ2v) is 5.56. The van der Waals surface area contributed by atoms with Gasteiger partial charge < -0.3 is 9.64 Å². The summed E-state index contributed by atoms with van der Waals surface area (Å²) in [5.74, 6) is -0.262. The fourth-order valence-electron chi connectivity index (χ4n) is 2.38.